The van der Waals surface area contributed by atoms with Crippen molar-refractivity contribution in [3.05, 3.63) is 71.3 Å². The molecule has 2 rings (SSSR count). The predicted molar refractivity (Wildman–Crippen MR) is 99.7 cm³/mol. The number of aliphatic hydroxyl groups excluding tert-OH is 1. The van der Waals surface area contributed by atoms with Crippen LogP contribution in [0.1, 0.15) is 35.6 Å². The highest BCUT2D eigenvalue weighted by Crippen LogP contribution is 2.30. The van der Waals surface area contributed by atoms with E-state index in [-0.39, 0.29) is 12.0 Å². The Balaban J connectivity index is 1.98. The lowest BCUT2D eigenvalue weighted by atomic mass is 10.0. The van der Waals surface area contributed by atoms with Crippen molar-refractivity contribution < 1.29 is 32.6 Å². The third kappa shape index (κ3) is 6.60. The van der Waals surface area contributed by atoms with Crippen molar-refractivity contribution in [3.8, 4) is 0 Å². The molecule has 0 fully saturated rings. The quantitative estimate of drug-likeness (QED) is 0.655. The Morgan fingerprint density at radius 2 is 1.69 bits per heavy atom. The van der Waals surface area contributed by atoms with Crippen LogP contribution in [0, 0.1) is 0 Å². The molecule has 0 radical (unpaired) electrons. The molecule has 0 bridgehead atoms. The lowest BCUT2D eigenvalue weighted by molar-refractivity contribution is -0.146. The van der Waals surface area contributed by atoms with E-state index in [1.807, 2.05) is 30.3 Å². The normalized spacial score (nSPS) is 13.4. The van der Waals surface area contributed by atoms with Gasteiger partial charge >= 0.3 is 12.1 Å². The van der Waals surface area contributed by atoms with Crippen LogP contribution < -0.4 is 5.32 Å². The summed E-state index contributed by atoms with van der Waals surface area (Å²) >= 11 is 0. The van der Waals surface area contributed by atoms with Gasteiger partial charge in [-0.2, -0.15) is 13.2 Å². The van der Waals surface area contributed by atoms with Crippen LogP contribution in [-0.4, -0.2) is 30.1 Å². The zero-order valence-corrected chi connectivity index (χ0v) is 15.8. The first-order valence-corrected chi connectivity index (χ1v) is 8.99. The van der Waals surface area contributed by atoms with Crippen molar-refractivity contribution in [2.24, 2.45) is 0 Å². The molecule has 1 amide bonds. The number of methoxy groups -OCH3 is 1. The van der Waals surface area contributed by atoms with E-state index >= 15 is 0 Å². The second kappa shape index (κ2) is 10.1. The molecule has 29 heavy (non-hydrogen) atoms. The summed E-state index contributed by atoms with van der Waals surface area (Å²) in [5, 5.41) is 12.6. The number of carbonyl (C=O) groups is 2. The number of hydrogen-bond donors (Lipinski definition) is 2. The molecule has 0 unspecified atom stereocenters. The van der Waals surface area contributed by atoms with Gasteiger partial charge in [-0.15, -0.1) is 0 Å². The Labute approximate surface area is 166 Å². The van der Waals surface area contributed by atoms with Crippen molar-refractivity contribution in [1.29, 1.82) is 0 Å². The highest BCUT2D eigenvalue weighted by atomic mass is 19.4. The van der Waals surface area contributed by atoms with E-state index in [9.17, 15) is 27.9 Å². The third-order valence-electron chi connectivity index (χ3n) is 4.41. The van der Waals surface area contributed by atoms with Crippen LogP contribution in [0.25, 0.3) is 0 Å². The van der Waals surface area contributed by atoms with E-state index in [0.717, 1.165) is 29.8 Å². The lowest BCUT2D eigenvalue weighted by Gasteiger charge is -2.19. The van der Waals surface area contributed by atoms with E-state index in [0.29, 0.717) is 12.8 Å². The van der Waals surface area contributed by atoms with Crippen LogP contribution in [0.5, 0.6) is 0 Å². The van der Waals surface area contributed by atoms with Crippen molar-refractivity contribution in [1.82, 2.24) is 5.32 Å². The standard InChI is InChI=1S/C21H22F3NO4/c1-29-20(28)17(9-5-8-14-6-3-2-4-7-14)25-19(27)18(26)15-10-12-16(13-11-15)21(22,23)24/h2-4,6-7,10-13,17-18,26H,5,8-9H2,1H3,(H,25,27)/t17-,18+/m1/s1. The highest BCUT2D eigenvalue weighted by molar-refractivity contribution is 5.87. The molecular weight excluding hydrogens is 387 g/mol. The molecule has 0 aliphatic heterocycles. The predicted octanol–water partition coefficient (Wildman–Crippen LogP) is 3.42. The fraction of sp³-hybridized carbons (Fsp3) is 0.333. The second-order valence-corrected chi connectivity index (χ2v) is 6.48. The summed E-state index contributed by atoms with van der Waals surface area (Å²) in [6.07, 6.45) is -4.67. The van der Waals surface area contributed by atoms with E-state index in [1.165, 1.54) is 7.11 Å². The number of carbonyl (C=O) groups excluding carboxylic acids is 2. The highest BCUT2D eigenvalue weighted by Gasteiger charge is 2.31. The second-order valence-electron chi connectivity index (χ2n) is 6.48. The van der Waals surface area contributed by atoms with E-state index < -0.39 is 35.8 Å². The first-order chi connectivity index (χ1) is 13.7. The van der Waals surface area contributed by atoms with Crippen molar-refractivity contribution in [2.75, 3.05) is 7.11 Å². The van der Waals surface area contributed by atoms with Gasteiger partial charge in [-0.05, 0) is 42.5 Å². The Morgan fingerprint density at radius 3 is 2.24 bits per heavy atom. The van der Waals surface area contributed by atoms with Gasteiger partial charge in [0.15, 0.2) is 6.10 Å². The Kier molecular flexibility index (Phi) is 7.78. The van der Waals surface area contributed by atoms with E-state index in [4.69, 9.17) is 4.74 Å². The van der Waals surface area contributed by atoms with Gasteiger partial charge in [0, 0.05) is 0 Å². The monoisotopic (exact) mass is 409 g/mol. The first kappa shape index (κ1) is 22.4. The van der Waals surface area contributed by atoms with Crippen LogP contribution in [0.2, 0.25) is 0 Å². The van der Waals surface area contributed by atoms with Gasteiger partial charge in [0.2, 0.25) is 0 Å². The number of nitrogens with one attached hydrogen (secondary N) is 1. The number of aliphatic hydroxyl groups is 1. The molecule has 2 aromatic carbocycles. The molecule has 0 spiro atoms. The van der Waals surface area contributed by atoms with E-state index in [1.54, 1.807) is 0 Å². The molecule has 2 atom stereocenters. The van der Waals surface area contributed by atoms with Gasteiger partial charge in [-0.1, -0.05) is 42.5 Å². The summed E-state index contributed by atoms with van der Waals surface area (Å²) in [5.74, 6) is -1.55. The molecular formula is C21H22F3NO4. The van der Waals surface area contributed by atoms with Crippen LogP contribution in [0.3, 0.4) is 0 Å². The number of benzene rings is 2. The van der Waals surface area contributed by atoms with Crippen LogP contribution in [-0.2, 0) is 26.9 Å². The van der Waals surface area contributed by atoms with Gasteiger partial charge in [-0.3, -0.25) is 4.79 Å². The van der Waals surface area contributed by atoms with Gasteiger partial charge in [0.05, 0.1) is 12.7 Å². The number of aryl methyl sites for hydroxylation is 1. The van der Waals surface area contributed by atoms with Crippen molar-refractivity contribution >= 4 is 11.9 Å². The fourth-order valence-corrected chi connectivity index (χ4v) is 2.80. The summed E-state index contributed by atoms with van der Waals surface area (Å²) < 4.78 is 42.6. The maximum absolute atomic E-state index is 12.6. The van der Waals surface area contributed by atoms with Crippen molar-refractivity contribution in [2.45, 2.75) is 37.6 Å². The summed E-state index contributed by atoms with van der Waals surface area (Å²) in [6.45, 7) is 0. The number of ether oxygens (including phenoxy) is 1. The van der Waals surface area contributed by atoms with Gasteiger partial charge in [0.25, 0.3) is 5.91 Å². The van der Waals surface area contributed by atoms with Gasteiger partial charge in [-0.25, -0.2) is 4.79 Å². The van der Waals surface area contributed by atoms with Gasteiger partial charge < -0.3 is 15.2 Å². The largest absolute Gasteiger partial charge is 0.467 e. The van der Waals surface area contributed by atoms with Crippen LogP contribution in [0.15, 0.2) is 54.6 Å². The first-order valence-electron chi connectivity index (χ1n) is 8.99. The Hall–Kier alpha value is -2.87. The topological polar surface area (TPSA) is 75.6 Å². The number of hydrogen-bond acceptors (Lipinski definition) is 4. The number of alkyl halides is 3. The Bertz CT molecular complexity index is 807. The zero-order valence-electron chi connectivity index (χ0n) is 15.8. The summed E-state index contributed by atoms with van der Waals surface area (Å²) in [7, 11) is 1.19. The molecule has 2 N–H and O–H groups in total. The average molecular weight is 409 g/mol. The number of esters is 1. The lowest BCUT2D eigenvalue weighted by Crippen LogP contribution is -2.43. The summed E-state index contributed by atoms with van der Waals surface area (Å²) in [6, 6.07) is 12.2. The number of rotatable bonds is 8. The third-order valence-corrected chi connectivity index (χ3v) is 4.41. The zero-order chi connectivity index (χ0) is 21.4. The fourth-order valence-electron chi connectivity index (χ4n) is 2.80. The number of halogens is 3. The van der Waals surface area contributed by atoms with Crippen molar-refractivity contribution in [3.63, 3.8) is 0 Å². The minimum atomic E-state index is -4.51. The maximum Gasteiger partial charge on any atom is 0.416 e. The van der Waals surface area contributed by atoms with Crippen LogP contribution in [0.4, 0.5) is 13.2 Å². The smallest absolute Gasteiger partial charge is 0.416 e. The molecule has 0 saturated carbocycles. The van der Waals surface area contributed by atoms with Crippen LogP contribution >= 0.6 is 0 Å². The molecule has 0 aliphatic rings. The molecule has 8 heteroatoms. The molecule has 5 nitrogen and oxygen atoms in total. The molecule has 2 aromatic rings. The number of amides is 1. The SMILES string of the molecule is COC(=O)[C@@H](CCCc1ccccc1)NC(=O)[C@@H](O)c1ccc(C(F)(F)F)cc1. The summed E-state index contributed by atoms with van der Waals surface area (Å²) in [5.41, 5.74) is 0.179. The Morgan fingerprint density at radius 1 is 1.07 bits per heavy atom. The van der Waals surface area contributed by atoms with Gasteiger partial charge in [0.1, 0.15) is 6.04 Å². The minimum absolute atomic E-state index is 0.0107. The molecule has 0 heterocycles. The maximum atomic E-state index is 12.6. The molecule has 156 valence electrons. The average Bonchev–Trinajstić information content (AvgIpc) is 2.72. The van der Waals surface area contributed by atoms with E-state index in [2.05, 4.69) is 5.32 Å². The molecule has 0 saturated heterocycles. The molecule has 0 aliphatic carbocycles. The minimum Gasteiger partial charge on any atom is -0.467 e. The molecule has 0 aromatic heterocycles. The summed E-state index contributed by atoms with van der Waals surface area (Å²) in [4.78, 5) is 24.3.